The van der Waals surface area contributed by atoms with Crippen LogP contribution < -0.4 is 4.74 Å². The highest BCUT2D eigenvalue weighted by atomic mass is 35.5. The summed E-state index contributed by atoms with van der Waals surface area (Å²) < 4.78 is 34.0. The fraction of sp³-hybridized carbons (Fsp3) is 0.412. The summed E-state index contributed by atoms with van der Waals surface area (Å²) >= 11 is 13.6. The Bertz CT molecular complexity index is 1050. The molecule has 1 saturated heterocycles. The molecule has 0 saturated carbocycles. The number of rotatable bonds is 5. The molecule has 152 valence electrons. The number of nitrogens with zero attached hydrogens (tertiary/aromatic N) is 1. The summed E-state index contributed by atoms with van der Waals surface area (Å²) in [5.74, 6) is -0.799. The lowest BCUT2D eigenvalue weighted by Crippen LogP contribution is -2.40. The molecular formula is C17H17Cl2NO6S2. The largest absolute Gasteiger partial charge is 0.495 e. The van der Waals surface area contributed by atoms with E-state index in [0.29, 0.717) is 27.3 Å². The number of carbonyl (C=O) groups excluding carboxylic acids is 2. The minimum atomic E-state index is -3.12. The Morgan fingerprint density at radius 2 is 2.00 bits per heavy atom. The number of halogens is 2. The summed E-state index contributed by atoms with van der Waals surface area (Å²) in [6, 6.07) is 2.93. The zero-order valence-corrected chi connectivity index (χ0v) is 18.2. The Morgan fingerprint density at radius 1 is 1.29 bits per heavy atom. The molecule has 1 atom stereocenters. The second kappa shape index (κ2) is 8.06. The summed E-state index contributed by atoms with van der Waals surface area (Å²) in [6.45, 7) is -0.506. The smallest absolute Gasteiger partial charge is 0.350 e. The molecule has 1 amide bonds. The van der Waals surface area contributed by atoms with Crippen molar-refractivity contribution in [2.75, 3.05) is 32.3 Å². The van der Waals surface area contributed by atoms with Crippen LogP contribution in [0.2, 0.25) is 10.0 Å². The number of likely N-dealkylation sites (N-methyl/N-ethyl adjacent to an activating group) is 1. The summed E-state index contributed by atoms with van der Waals surface area (Å²) in [7, 11) is -0.137. The van der Waals surface area contributed by atoms with E-state index in [9.17, 15) is 18.0 Å². The third kappa shape index (κ3) is 4.07. The van der Waals surface area contributed by atoms with Crippen molar-refractivity contribution in [3.05, 3.63) is 27.1 Å². The third-order valence-electron chi connectivity index (χ3n) is 4.58. The fourth-order valence-corrected chi connectivity index (χ4v) is 6.50. The first-order chi connectivity index (χ1) is 13.1. The average molecular weight is 466 g/mol. The number of thiophene rings is 1. The van der Waals surface area contributed by atoms with Gasteiger partial charge in [0.2, 0.25) is 0 Å². The molecule has 11 heteroatoms. The molecule has 1 aromatic carbocycles. The zero-order chi connectivity index (χ0) is 20.6. The molecule has 1 aliphatic rings. The van der Waals surface area contributed by atoms with Crippen LogP contribution in [0, 0.1) is 0 Å². The van der Waals surface area contributed by atoms with Crippen molar-refractivity contribution in [2.24, 2.45) is 0 Å². The SMILES string of the molecule is COc1ccc2c(Cl)c(C(=O)OCC(=O)N(C)[C@H]3CCS(=O)(=O)C3)sc2c1Cl. The van der Waals surface area contributed by atoms with Crippen LogP contribution in [-0.2, 0) is 19.4 Å². The first kappa shape index (κ1) is 21.2. The quantitative estimate of drug-likeness (QED) is 0.630. The van der Waals surface area contributed by atoms with Gasteiger partial charge in [-0.05, 0) is 18.6 Å². The van der Waals surface area contributed by atoms with Crippen LogP contribution in [0.4, 0.5) is 0 Å². The van der Waals surface area contributed by atoms with E-state index in [1.807, 2.05) is 0 Å². The molecule has 2 heterocycles. The number of amides is 1. The van der Waals surface area contributed by atoms with Crippen LogP contribution in [0.15, 0.2) is 12.1 Å². The monoisotopic (exact) mass is 465 g/mol. The lowest BCUT2D eigenvalue weighted by Gasteiger charge is -2.23. The summed E-state index contributed by atoms with van der Waals surface area (Å²) in [6.07, 6.45) is 0.376. The van der Waals surface area contributed by atoms with Crippen molar-refractivity contribution in [1.29, 1.82) is 0 Å². The molecule has 2 aromatic rings. The van der Waals surface area contributed by atoms with Crippen LogP contribution in [0.25, 0.3) is 10.1 Å². The molecule has 1 fully saturated rings. The molecule has 7 nitrogen and oxygen atoms in total. The summed E-state index contributed by atoms with van der Waals surface area (Å²) in [5, 5.41) is 1.12. The van der Waals surface area contributed by atoms with Gasteiger partial charge < -0.3 is 14.4 Å². The lowest BCUT2D eigenvalue weighted by molar-refractivity contribution is -0.134. The van der Waals surface area contributed by atoms with Crippen molar-refractivity contribution >= 4 is 66.3 Å². The average Bonchev–Trinajstić information content (AvgIpc) is 3.19. The maximum absolute atomic E-state index is 12.4. The first-order valence-electron chi connectivity index (χ1n) is 8.22. The lowest BCUT2D eigenvalue weighted by atomic mass is 10.2. The highest BCUT2D eigenvalue weighted by Crippen LogP contribution is 2.43. The molecule has 0 N–H and O–H groups in total. The molecule has 0 unspecified atom stereocenters. The molecule has 0 aliphatic carbocycles. The third-order valence-corrected chi connectivity index (χ3v) is 8.53. The topological polar surface area (TPSA) is 90.0 Å². The van der Waals surface area contributed by atoms with E-state index in [1.165, 1.54) is 19.1 Å². The van der Waals surface area contributed by atoms with Gasteiger partial charge in [0.15, 0.2) is 16.4 Å². The Labute approximate surface area is 176 Å². The normalized spacial score (nSPS) is 18.2. The van der Waals surface area contributed by atoms with Crippen LogP contribution >= 0.6 is 34.5 Å². The van der Waals surface area contributed by atoms with Gasteiger partial charge in [-0.15, -0.1) is 11.3 Å². The van der Waals surface area contributed by atoms with E-state index >= 15 is 0 Å². The van der Waals surface area contributed by atoms with Crippen LogP contribution in [0.1, 0.15) is 16.1 Å². The summed E-state index contributed by atoms with van der Waals surface area (Å²) in [5.41, 5.74) is 0. The van der Waals surface area contributed by atoms with Gasteiger partial charge >= 0.3 is 5.97 Å². The van der Waals surface area contributed by atoms with Gasteiger partial charge in [-0.2, -0.15) is 0 Å². The highest BCUT2D eigenvalue weighted by Gasteiger charge is 2.33. The molecule has 1 aliphatic heterocycles. The van der Waals surface area contributed by atoms with E-state index in [0.717, 1.165) is 11.3 Å². The van der Waals surface area contributed by atoms with Gasteiger partial charge in [-0.25, -0.2) is 13.2 Å². The predicted molar refractivity (Wildman–Crippen MR) is 109 cm³/mol. The number of esters is 1. The maximum atomic E-state index is 12.4. The molecule has 28 heavy (non-hydrogen) atoms. The Balaban J connectivity index is 1.70. The first-order valence-corrected chi connectivity index (χ1v) is 11.6. The number of hydrogen-bond donors (Lipinski definition) is 0. The van der Waals surface area contributed by atoms with Gasteiger partial charge in [0.25, 0.3) is 5.91 Å². The van der Waals surface area contributed by atoms with E-state index in [-0.39, 0.29) is 21.4 Å². The Hall–Kier alpha value is -1.55. The van der Waals surface area contributed by atoms with Crippen molar-refractivity contribution in [3.63, 3.8) is 0 Å². The Kier molecular flexibility index (Phi) is 6.09. The van der Waals surface area contributed by atoms with Gasteiger partial charge in [0.1, 0.15) is 15.6 Å². The van der Waals surface area contributed by atoms with Gasteiger partial charge in [0, 0.05) is 18.5 Å². The number of ether oxygens (including phenoxy) is 2. The van der Waals surface area contributed by atoms with Crippen molar-refractivity contribution < 1.29 is 27.5 Å². The van der Waals surface area contributed by atoms with Crippen LogP contribution in [-0.4, -0.2) is 63.5 Å². The fourth-order valence-electron chi connectivity index (χ4n) is 2.95. The number of benzene rings is 1. The van der Waals surface area contributed by atoms with Crippen molar-refractivity contribution in [3.8, 4) is 5.75 Å². The van der Waals surface area contributed by atoms with E-state index < -0.39 is 34.4 Å². The molecule has 0 spiro atoms. The number of methoxy groups -OCH3 is 1. The molecule has 0 bridgehead atoms. The second-order valence-electron chi connectivity index (χ2n) is 6.34. The minimum absolute atomic E-state index is 0.0523. The van der Waals surface area contributed by atoms with Crippen molar-refractivity contribution in [1.82, 2.24) is 4.90 Å². The molecule has 0 radical (unpaired) electrons. The van der Waals surface area contributed by atoms with E-state index in [4.69, 9.17) is 32.7 Å². The highest BCUT2D eigenvalue weighted by molar-refractivity contribution is 7.91. The number of hydrogen-bond acceptors (Lipinski definition) is 7. The van der Waals surface area contributed by atoms with Crippen LogP contribution in [0.3, 0.4) is 0 Å². The maximum Gasteiger partial charge on any atom is 0.350 e. The summed E-state index contributed by atoms with van der Waals surface area (Å²) in [4.78, 5) is 26.1. The molecule has 3 rings (SSSR count). The van der Waals surface area contributed by atoms with Gasteiger partial charge in [-0.1, -0.05) is 23.2 Å². The molecular weight excluding hydrogens is 449 g/mol. The number of fused-ring (bicyclic) bond motifs is 1. The van der Waals surface area contributed by atoms with Crippen molar-refractivity contribution in [2.45, 2.75) is 12.5 Å². The second-order valence-corrected chi connectivity index (χ2v) is 10.3. The number of sulfone groups is 1. The zero-order valence-electron chi connectivity index (χ0n) is 15.0. The van der Waals surface area contributed by atoms with Gasteiger partial charge in [-0.3, -0.25) is 4.79 Å². The van der Waals surface area contributed by atoms with Gasteiger partial charge in [0.05, 0.1) is 28.3 Å². The standard InChI is InChI=1S/C17H17Cl2NO6S2/c1-20(9-5-6-28(23,24)8-9)12(21)7-26-17(22)16-13(18)10-3-4-11(25-2)14(19)15(10)27-16/h3-4,9H,5-8H2,1-2H3/t9-/m0/s1. The minimum Gasteiger partial charge on any atom is -0.495 e. The van der Waals surface area contributed by atoms with E-state index in [1.54, 1.807) is 12.1 Å². The Morgan fingerprint density at radius 3 is 2.61 bits per heavy atom. The van der Waals surface area contributed by atoms with Crippen LogP contribution in [0.5, 0.6) is 5.75 Å². The number of carbonyl (C=O) groups is 2. The van der Waals surface area contributed by atoms with E-state index in [2.05, 4.69) is 0 Å². The molecule has 1 aromatic heterocycles. The predicted octanol–water partition coefficient (Wildman–Crippen LogP) is 3.02.